The van der Waals surface area contributed by atoms with Crippen LogP contribution in [-0.4, -0.2) is 16.7 Å². The molecule has 2 aromatic carbocycles. The van der Waals surface area contributed by atoms with Crippen molar-refractivity contribution in [3.8, 4) is 5.75 Å². The summed E-state index contributed by atoms with van der Waals surface area (Å²) in [6.07, 6.45) is 1.32. The number of benzene rings is 2. The highest BCUT2D eigenvalue weighted by Crippen LogP contribution is 2.37. The smallest absolute Gasteiger partial charge is 0.289 e. The van der Waals surface area contributed by atoms with Crippen LogP contribution < -0.4 is 10.5 Å². The number of H-pyrrole nitrogens is 1. The van der Waals surface area contributed by atoms with E-state index in [2.05, 4.69) is 20.9 Å². The third kappa shape index (κ3) is 2.90. The molecule has 0 radical (unpaired) electrons. The molecule has 0 aliphatic rings. The van der Waals surface area contributed by atoms with Gasteiger partial charge in [-0.05, 0) is 27.6 Å². The summed E-state index contributed by atoms with van der Waals surface area (Å²) < 4.78 is 20.4. The lowest BCUT2D eigenvalue weighted by atomic mass is 10.1. The molecule has 3 N–H and O–H groups in total. The van der Waals surface area contributed by atoms with Crippen LogP contribution in [0.15, 0.2) is 47.1 Å². The highest BCUT2D eigenvalue weighted by atomic mass is 79.9. The monoisotopic (exact) mass is 390 g/mol. The standard InChI is InChI=1S/C17H12BrFN2O3/c18-11-6-12(19)16(24-8-9-4-2-1-3-5-9)13-10(7-21-14(11)13)15(22)17(20)23/h1-7,21H,8H2,(H2,20,23). The molecule has 24 heavy (non-hydrogen) atoms. The molecule has 3 rings (SSSR count). The molecule has 0 fully saturated rings. The van der Waals surface area contributed by atoms with Gasteiger partial charge in [-0.1, -0.05) is 30.3 Å². The Morgan fingerprint density at radius 3 is 2.62 bits per heavy atom. The summed E-state index contributed by atoms with van der Waals surface area (Å²) in [5.74, 6) is -2.79. The van der Waals surface area contributed by atoms with Crippen molar-refractivity contribution in [2.45, 2.75) is 6.61 Å². The number of halogens is 2. The lowest BCUT2D eigenvalue weighted by Gasteiger charge is -2.11. The Hall–Kier alpha value is -2.67. The minimum Gasteiger partial charge on any atom is -0.485 e. The second-order valence-corrected chi connectivity index (χ2v) is 5.94. The van der Waals surface area contributed by atoms with E-state index in [0.717, 1.165) is 5.56 Å². The van der Waals surface area contributed by atoms with E-state index in [1.165, 1.54) is 12.3 Å². The fraction of sp³-hybridized carbons (Fsp3) is 0.0588. The van der Waals surface area contributed by atoms with Crippen LogP contribution in [0, 0.1) is 5.82 Å². The molecule has 122 valence electrons. The first-order chi connectivity index (χ1) is 11.5. The van der Waals surface area contributed by atoms with Crippen LogP contribution in [0.2, 0.25) is 0 Å². The lowest BCUT2D eigenvalue weighted by Crippen LogP contribution is -2.22. The molecule has 3 aromatic rings. The van der Waals surface area contributed by atoms with Crippen LogP contribution in [0.25, 0.3) is 10.9 Å². The summed E-state index contributed by atoms with van der Waals surface area (Å²) in [6.45, 7) is 0.115. The average Bonchev–Trinajstić information content (AvgIpc) is 3.00. The van der Waals surface area contributed by atoms with Gasteiger partial charge in [0.05, 0.1) is 16.5 Å². The van der Waals surface area contributed by atoms with Gasteiger partial charge in [0.25, 0.3) is 11.7 Å². The van der Waals surface area contributed by atoms with Gasteiger partial charge in [0.15, 0.2) is 11.6 Å². The van der Waals surface area contributed by atoms with Crippen LogP contribution in [-0.2, 0) is 11.4 Å². The lowest BCUT2D eigenvalue weighted by molar-refractivity contribution is -0.114. The van der Waals surface area contributed by atoms with Crippen LogP contribution in [0.1, 0.15) is 15.9 Å². The maximum Gasteiger partial charge on any atom is 0.289 e. The van der Waals surface area contributed by atoms with Gasteiger partial charge in [0.1, 0.15) is 6.61 Å². The Kier molecular flexibility index (Phi) is 4.35. The van der Waals surface area contributed by atoms with E-state index in [-0.39, 0.29) is 23.3 Å². The minimum atomic E-state index is -1.12. The molecule has 0 saturated carbocycles. The van der Waals surface area contributed by atoms with Gasteiger partial charge in [-0.2, -0.15) is 0 Å². The molecule has 5 nitrogen and oxygen atoms in total. The summed E-state index contributed by atoms with van der Waals surface area (Å²) in [4.78, 5) is 26.0. The van der Waals surface area contributed by atoms with Gasteiger partial charge in [-0.15, -0.1) is 0 Å². The predicted octanol–water partition coefficient (Wildman–Crippen LogP) is 3.32. The van der Waals surface area contributed by atoms with Crippen LogP contribution >= 0.6 is 15.9 Å². The summed E-state index contributed by atoms with van der Waals surface area (Å²) >= 11 is 3.22. The minimum absolute atomic E-state index is 0.0271. The zero-order valence-electron chi connectivity index (χ0n) is 12.3. The molecule has 0 saturated heterocycles. The molecule has 1 amide bonds. The number of fused-ring (bicyclic) bond motifs is 1. The third-order valence-electron chi connectivity index (χ3n) is 3.51. The molecule has 0 bridgehead atoms. The largest absolute Gasteiger partial charge is 0.485 e. The quantitative estimate of drug-likeness (QED) is 0.517. The van der Waals surface area contributed by atoms with Crippen LogP contribution in [0.3, 0.4) is 0 Å². The van der Waals surface area contributed by atoms with Crippen molar-refractivity contribution < 1.29 is 18.7 Å². The maximum absolute atomic E-state index is 14.4. The first kappa shape index (κ1) is 16.2. The van der Waals surface area contributed by atoms with E-state index in [1.54, 1.807) is 0 Å². The number of Topliss-reactive ketones (excluding diaryl/α,β-unsaturated/α-hetero) is 1. The van der Waals surface area contributed by atoms with E-state index in [0.29, 0.717) is 9.99 Å². The van der Waals surface area contributed by atoms with E-state index in [4.69, 9.17) is 10.5 Å². The SMILES string of the molecule is NC(=O)C(=O)c1c[nH]c2c(Br)cc(F)c(OCc3ccccc3)c12. The molecular weight excluding hydrogens is 379 g/mol. The Morgan fingerprint density at radius 2 is 1.96 bits per heavy atom. The van der Waals surface area contributed by atoms with Crippen molar-refractivity contribution in [3.63, 3.8) is 0 Å². The number of hydrogen-bond acceptors (Lipinski definition) is 3. The highest BCUT2D eigenvalue weighted by molar-refractivity contribution is 9.10. The number of nitrogens with one attached hydrogen (secondary N) is 1. The number of rotatable bonds is 5. The maximum atomic E-state index is 14.4. The fourth-order valence-electron chi connectivity index (χ4n) is 2.40. The predicted molar refractivity (Wildman–Crippen MR) is 90.3 cm³/mol. The second-order valence-electron chi connectivity index (χ2n) is 5.09. The number of aromatic amines is 1. The topological polar surface area (TPSA) is 85.2 Å². The highest BCUT2D eigenvalue weighted by Gasteiger charge is 2.24. The Morgan fingerprint density at radius 1 is 1.25 bits per heavy atom. The molecule has 0 aliphatic heterocycles. The number of ether oxygens (including phenoxy) is 1. The molecule has 7 heteroatoms. The van der Waals surface area contributed by atoms with Crippen molar-refractivity contribution in [3.05, 3.63) is 64.0 Å². The van der Waals surface area contributed by atoms with E-state index in [1.807, 2.05) is 30.3 Å². The number of amides is 1. The van der Waals surface area contributed by atoms with Crippen molar-refractivity contribution in [1.29, 1.82) is 0 Å². The number of carbonyl (C=O) groups is 2. The molecule has 0 atom stereocenters. The molecule has 0 unspecified atom stereocenters. The normalized spacial score (nSPS) is 10.8. The summed E-state index contributed by atoms with van der Waals surface area (Å²) in [6, 6.07) is 10.4. The summed E-state index contributed by atoms with van der Waals surface area (Å²) in [5, 5.41) is 0.182. The molecule has 0 aliphatic carbocycles. The molecule has 0 spiro atoms. The number of ketones is 1. The summed E-state index contributed by atoms with van der Waals surface area (Å²) in [7, 11) is 0. The Labute approximate surface area is 144 Å². The van der Waals surface area contributed by atoms with Gasteiger partial charge in [-0.25, -0.2) is 4.39 Å². The zero-order valence-corrected chi connectivity index (χ0v) is 13.9. The number of carbonyl (C=O) groups excluding carboxylic acids is 2. The first-order valence-corrected chi connectivity index (χ1v) is 7.78. The van der Waals surface area contributed by atoms with Crippen molar-refractivity contribution in [2.75, 3.05) is 0 Å². The second kappa shape index (κ2) is 6.45. The zero-order chi connectivity index (χ0) is 17.3. The van der Waals surface area contributed by atoms with Gasteiger partial charge < -0.3 is 15.5 Å². The van der Waals surface area contributed by atoms with Crippen molar-refractivity contribution in [2.24, 2.45) is 5.73 Å². The van der Waals surface area contributed by atoms with E-state index in [9.17, 15) is 14.0 Å². The number of nitrogens with two attached hydrogens (primary N) is 1. The number of primary amides is 1. The van der Waals surface area contributed by atoms with E-state index < -0.39 is 17.5 Å². The fourth-order valence-corrected chi connectivity index (χ4v) is 2.91. The van der Waals surface area contributed by atoms with Gasteiger partial charge in [0, 0.05) is 10.7 Å². The van der Waals surface area contributed by atoms with Gasteiger partial charge >= 0.3 is 0 Å². The molecule has 1 heterocycles. The third-order valence-corrected chi connectivity index (χ3v) is 4.14. The Balaban J connectivity index is 2.10. The molecule has 1 aromatic heterocycles. The van der Waals surface area contributed by atoms with Gasteiger partial charge in [0.2, 0.25) is 0 Å². The average molecular weight is 391 g/mol. The van der Waals surface area contributed by atoms with E-state index >= 15 is 0 Å². The van der Waals surface area contributed by atoms with Crippen LogP contribution in [0.5, 0.6) is 5.75 Å². The summed E-state index contributed by atoms with van der Waals surface area (Å²) in [5.41, 5.74) is 6.32. The Bertz CT molecular complexity index is 938. The van der Waals surface area contributed by atoms with Gasteiger partial charge in [-0.3, -0.25) is 9.59 Å². The van der Waals surface area contributed by atoms with Crippen molar-refractivity contribution >= 4 is 38.5 Å². The number of hydrogen-bond donors (Lipinski definition) is 2. The first-order valence-electron chi connectivity index (χ1n) is 6.99. The number of aromatic nitrogens is 1. The van der Waals surface area contributed by atoms with Crippen molar-refractivity contribution in [1.82, 2.24) is 4.98 Å². The van der Waals surface area contributed by atoms with Crippen LogP contribution in [0.4, 0.5) is 4.39 Å². The molecular formula is C17H12BrFN2O3.